The third kappa shape index (κ3) is 3.08. The molecule has 2 nitrogen and oxygen atoms in total. The molecule has 0 amide bonds. The molecule has 3 rings (SSSR count). The van der Waals surface area contributed by atoms with Crippen LogP contribution in [0.4, 0.5) is 4.39 Å². The third-order valence-corrected chi connectivity index (χ3v) is 4.42. The van der Waals surface area contributed by atoms with Crippen molar-refractivity contribution in [2.45, 2.75) is 38.0 Å². The molecule has 104 valence electrons. The van der Waals surface area contributed by atoms with Gasteiger partial charge in [0, 0.05) is 6.54 Å². The minimum Gasteiger partial charge on any atom is -0.490 e. The number of ether oxygens (including phenoxy) is 1. The van der Waals surface area contributed by atoms with Crippen molar-refractivity contribution in [2.24, 2.45) is 5.92 Å². The van der Waals surface area contributed by atoms with E-state index in [4.69, 9.17) is 4.74 Å². The molecule has 1 aromatic rings. The highest BCUT2D eigenvalue weighted by Gasteiger charge is 2.20. The Bertz CT molecular complexity index is 425. The van der Waals surface area contributed by atoms with Gasteiger partial charge in [-0.15, -0.1) is 0 Å². The number of hydrogen-bond donors (Lipinski definition) is 1. The van der Waals surface area contributed by atoms with Gasteiger partial charge in [0.1, 0.15) is 0 Å². The quantitative estimate of drug-likeness (QED) is 0.898. The van der Waals surface area contributed by atoms with E-state index in [2.05, 4.69) is 5.32 Å². The summed E-state index contributed by atoms with van der Waals surface area (Å²) in [5, 5.41) is 3.37. The van der Waals surface area contributed by atoms with E-state index in [1.807, 2.05) is 6.07 Å². The standard InChI is InChI=1S/C16H22FNO/c17-15-9-13(14-5-2-8-18-10-14)6-7-16(15)19-11-12-3-1-4-12/h6-7,9,12,14,18H,1-5,8,10-11H2. The van der Waals surface area contributed by atoms with Crippen LogP contribution >= 0.6 is 0 Å². The molecular formula is C16H22FNO. The van der Waals surface area contributed by atoms with Crippen LogP contribution in [-0.4, -0.2) is 19.7 Å². The molecule has 1 unspecified atom stereocenters. The molecule has 0 radical (unpaired) electrons. The number of rotatable bonds is 4. The van der Waals surface area contributed by atoms with Gasteiger partial charge in [0.05, 0.1) is 6.61 Å². The van der Waals surface area contributed by atoms with Crippen LogP contribution in [0.25, 0.3) is 0 Å². The average Bonchev–Trinajstić information content (AvgIpc) is 2.40. The summed E-state index contributed by atoms with van der Waals surface area (Å²) in [6.07, 6.45) is 6.08. The summed E-state index contributed by atoms with van der Waals surface area (Å²) in [6, 6.07) is 5.49. The van der Waals surface area contributed by atoms with E-state index >= 15 is 0 Å². The molecule has 1 atom stereocenters. The number of hydrogen-bond acceptors (Lipinski definition) is 2. The monoisotopic (exact) mass is 263 g/mol. The zero-order valence-electron chi connectivity index (χ0n) is 11.3. The summed E-state index contributed by atoms with van der Waals surface area (Å²) < 4.78 is 19.6. The zero-order valence-corrected chi connectivity index (χ0v) is 11.3. The molecule has 3 heteroatoms. The van der Waals surface area contributed by atoms with Gasteiger partial charge in [-0.3, -0.25) is 0 Å². The normalized spacial score (nSPS) is 23.9. The van der Waals surface area contributed by atoms with E-state index < -0.39 is 0 Å². The topological polar surface area (TPSA) is 21.3 Å². The van der Waals surface area contributed by atoms with Crippen LogP contribution in [0.3, 0.4) is 0 Å². The van der Waals surface area contributed by atoms with E-state index in [9.17, 15) is 4.39 Å². The van der Waals surface area contributed by atoms with E-state index in [-0.39, 0.29) is 5.82 Å². The first-order valence-corrected chi connectivity index (χ1v) is 7.46. The Morgan fingerprint density at radius 3 is 2.74 bits per heavy atom. The van der Waals surface area contributed by atoms with Gasteiger partial charge in [0.2, 0.25) is 0 Å². The highest BCUT2D eigenvalue weighted by Crippen LogP contribution is 2.30. The van der Waals surface area contributed by atoms with Gasteiger partial charge in [0.25, 0.3) is 0 Å². The molecular weight excluding hydrogens is 241 g/mol. The molecule has 0 bridgehead atoms. The van der Waals surface area contributed by atoms with Crippen molar-refractivity contribution in [2.75, 3.05) is 19.7 Å². The lowest BCUT2D eigenvalue weighted by Gasteiger charge is -2.26. The molecule has 1 aliphatic carbocycles. The summed E-state index contributed by atoms with van der Waals surface area (Å²) in [5.74, 6) is 1.30. The zero-order chi connectivity index (χ0) is 13.1. The predicted molar refractivity (Wildman–Crippen MR) is 74.1 cm³/mol. The predicted octanol–water partition coefficient (Wildman–Crippen LogP) is 3.47. The van der Waals surface area contributed by atoms with Crippen molar-refractivity contribution >= 4 is 0 Å². The smallest absolute Gasteiger partial charge is 0.165 e. The lowest BCUT2D eigenvalue weighted by molar-refractivity contribution is 0.175. The number of piperidine rings is 1. The van der Waals surface area contributed by atoms with Gasteiger partial charge in [-0.05, 0) is 61.8 Å². The van der Waals surface area contributed by atoms with Crippen LogP contribution in [0.1, 0.15) is 43.6 Å². The molecule has 1 saturated carbocycles. The summed E-state index contributed by atoms with van der Waals surface area (Å²) in [4.78, 5) is 0. The van der Waals surface area contributed by atoms with Crippen LogP contribution < -0.4 is 10.1 Å². The Balaban J connectivity index is 1.62. The maximum Gasteiger partial charge on any atom is 0.165 e. The summed E-state index contributed by atoms with van der Waals surface area (Å²) >= 11 is 0. The Hall–Kier alpha value is -1.09. The second-order valence-electron chi connectivity index (χ2n) is 5.84. The molecule has 19 heavy (non-hydrogen) atoms. The van der Waals surface area contributed by atoms with E-state index in [0.717, 1.165) is 25.1 Å². The Morgan fingerprint density at radius 2 is 2.11 bits per heavy atom. The molecule has 1 aliphatic heterocycles. The minimum atomic E-state index is -0.206. The molecule has 0 aromatic heterocycles. The fourth-order valence-corrected chi connectivity index (χ4v) is 2.89. The molecule has 0 spiro atoms. The fraction of sp³-hybridized carbons (Fsp3) is 0.625. The van der Waals surface area contributed by atoms with Crippen molar-refractivity contribution in [1.29, 1.82) is 0 Å². The van der Waals surface area contributed by atoms with E-state index in [0.29, 0.717) is 24.2 Å². The van der Waals surface area contributed by atoms with Gasteiger partial charge in [0.15, 0.2) is 11.6 Å². The SMILES string of the molecule is Fc1cc(C2CCCNC2)ccc1OCC1CCC1. The number of benzene rings is 1. The minimum absolute atomic E-state index is 0.206. The summed E-state index contributed by atoms with van der Waals surface area (Å²) in [5.41, 5.74) is 1.10. The van der Waals surface area contributed by atoms with Crippen LogP contribution in [-0.2, 0) is 0 Å². The molecule has 2 aliphatic rings. The molecule has 1 heterocycles. The van der Waals surface area contributed by atoms with Gasteiger partial charge in [-0.25, -0.2) is 4.39 Å². The van der Waals surface area contributed by atoms with E-state index in [1.165, 1.54) is 25.7 Å². The van der Waals surface area contributed by atoms with Crippen molar-refractivity contribution in [3.05, 3.63) is 29.6 Å². The largest absolute Gasteiger partial charge is 0.490 e. The average molecular weight is 263 g/mol. The first-order chi connectivity index (χ1) is 9.33. The summed E-state index contributed by atoms with van der Waals surface area (Å²) in [7, 11) is 0. The van der Waals surface area contributed by atoms with Gasteiger partial charge >= 0.3 is 0 Å². The Labute approximate surface area is 114 Å². The highest BCUT2D eigenvalue weighted by molar-refractivity contribution is 5.31. The van der Waals surface area contributed by atoms with Crippen molar-refractivity contribution < 1.29 is 9.13 Å². The van der Waals surface area contributed by atoms with Gasteiger partial charge in [-0.2, -0.15) is 0 Å². The Morgan fingerprint density at radius 1 is 1.21 bits per heavy atom. The lowest BCUT2D eigenvalue weighted by Crippen LogP contribution is -2.28. The molecule has 1 aromatic carbocycles. The first kappa shape index (κ1) is 12.9. The third-order valence-electron chi connectivity index (χ3n) is 4.42. The van der Waals surface area contributed by atoms with E-state index in [1.54, 1.807) is 12.1 Å². The number of nitrogens with one attached hydrogen (secondary N) is 1. The van der Waals surface area contributed by atoms with Crippen LogP contribution in [0.2, 0.25) is 0 Å². The first-order valence-electron chi connectivity index (χ1n) is 7.46. The Kier molecular flexibility index (Phi) is 4.02. The molecule has 2 fully saturated rings. The summed E-state index contributed by atoms with van der Waals surface area (Å²) in [6.45, 7) is 2.71. The fourth-order valence-electron chi connectivity index (χ4n) is 2.89. The second kappa shape index (κ2) is 5.91. The van der Waals surface area contributed by atoms with Crippen molar-refractivity contribution in [3.8, 4) is 5.75 Å². The van der Waals surface area contributed by atoms with Gasteiger partial charge in [-0.1, -0.05) is 12.5 Å². The van der Waals surface area contributed by atoms with Crippen molar-refractivity contribution in [3.63, 3.8) is 0 Å². The lowest BCUT2D eigenvalue weighted by atomic mass is 9.86. The second-order valence-corrected chi connectivity index (χ2v) is 5.84. The highest BCUT2D eigenvalue weighted by atomic mass is 19.1. The molecule has 1 N–H and O–H groups in total. The van der Waals surface area contributed by atoms with Gasteiger partial charge < -0.3 is 10.1 Å². The maximum absolute atomic E-state index is 14.0. The van der Waals surface area contributed by atoms with Crippen LogP contribution in [0, 0.1) is 11.7 Å². The van der Waals surface area contributed by atoms with Crippen LogP contribution in [0.5, 0.6) is 5.75 Å². The van der Waals surface area contributed by atoms with Crippen molar-refractivity contribution in [1.82, 2.24) is 5.32 Å². The maximum atomic E-state index is 14.0. The number of halogens is 1. The van der Waals surface area contributed by atoms with Crippen LogP contribution in [0.15, 0.2) is 18.2 Å². The molecule has 1 saturated heterocycles.